The van der Waals surface area contributed by atoms with Crippen LogP contribution in [0.3, 0.4) is 0 Å². The van der Waals surface area contributed by atoms with Gasteiger partial charge in [-0.15, -0.1) is 0 Å². The maximum atomic E-state index is 6.18. The lowest BCUT2D eigenvalue weighted by atomic mass is 9.87. The van der Waals surface area contributed by atoms with E-state index in [4.69, 9.17) is 11.5 Å². The molecule has 2 atom stereocenters. The summed E-state index contributed by atoms with van der Waals surface area (Å²) < 4.78 is 0. The second-order valence-electron chi connectivity index (χ2n) is 4.55. The number of hydrogen-bond acceptors (Lipinski definition) is 2. The van der Waals surface area contributed by atoms with Crippen LogP contribution in [0.4, 0.5) is 0 Å². The van der Waals surface area contributed by atoms with E-state index >= 15 is 0 Å². The smallest absolute Gasteiger partial charge is 0.0122 e. The van der Waals surface area contributed by atoms with Crippen LogP contribution in [-0.2, 0) is 0 Å². The number of hydrogen-bond donors (Lipinski definition) is 2. The van der Waals surface area contributed by atoms with E-state index < -0.39 is 0 Å². The van der Waals surface area contributed by atoms with Crippen molar-refractivity contribution in [2.45, 2.75) is 32.2 Å². The van der Waals surface area contributed by atoms with Gasteiger partial charge in [-0.1, -0.05) is 44.2 Å². The fraction of sp³-hybridized carbons (Fsp3) is 0.538. The average molecular weight is 206 g/mol. The minimum Gasteiger partial charge on any atom is -0.330 e. The first-order valence-corrected chi connectivity index (χ1v) is 5.65. The maximum absolute atomic E-state index is 6.18. The Balaban J connectivity index is 2.71. The van der Waals surface area contributed by atoms with Gasteiger partial charge in [0.05, 0.1) is 0 Å². The zero-order valence-corrected chi connectivity index (χ0v) is 9.69. The molecule has 0 aliphatic carbocycles. The van der Waals surface area contributed by atoms with Crippen LogP contribution in [0, 0.1) is 5.92 Å². The fourth-order valence-corrected chi connectivity index (χ4v) is 1.97. The van der Waals surface area contributed by atoms with Crippen LogP contribution in [0.2, 0.25) is 0 Å². The summed E-state index contributed by atoms with van der Waals surface area (Å²) in [7, 11) is 0. The van der Waals surface area contributed by atoms with Crippen LogP contribution in [0.15, 0.2) is 30.3 Å². The quantitative estimate of drug-likeness (QED) is 0.775. The van der Waals surface area contributed by atoms with Gasteiger partial charge in [0.1, 0.15) is 0 Å². The minimum absolute atomic E-state index is 0.164. The molecule has 1 aromatic carbocycles. The van der Waals surface area contributed by atoms with Crippen LogP contribution in [0.25, 0.3) is 0 Å². The third kappa shape index (κ3) is 3.65. The van der Waals surface area contributed by atoms with E-state index in [0.717, 1.165) is 6.42 Å². The normalized spacial score (nSPS) is 15.3. The van der Waals surface area contributed by atoms with Gasteiger partial charge < -0.3 is 11.5 Å². The van der Waals surface area contributed by atoms with Crippen molar-refractivity contribution in [1.82, 2.24) is 0 Å². The molecule has 0 saturated heterocycles. The minimum atomic E-state index is 0.164. The van der Waals surface area contributed by atoms with E-state index in [0.29, 0.717) is 12.5 Å². The van der Waals surface area contributed by atoms with Gasteiger partial charge in [0, 0.05) is 18.5 Å². The lowest BCUT2D eigenvalue weighted by molar-refractivity contribution is 0.436. The molecule has 0 aliphatic heterocycles. The Bertz CT molecular complexity index is 269. The molecule has 2 heteroatoms. The topological polar surface area (TPSA) is 52.0 Å². The molecule has 0 aliphatic rings. The maximum Gasteiger partial charge on any atom is 0.0122 e. The number of benzene rings is 1. The van der Waals surface area contributed by atoms with Crippen molar-refractivity contribution >= 4 is 0 Å². The molecule has 0 amide bonds. The molecule has 0 aromatic heterocycles. The molecule has 0 saturated carbocycles. The SMILES string of the molecule is CC(C)C[C@@H](N)[C@@H](CN)c1ccccc1. The van der Waals surface area contributed by atoms with Gasteiger partial charge in [-0.25, -0.2) is 0 Å². The molecule has 4 N–H and O–H groups in total. The molecular weight excluding hydrogens is 184 g/mol. The molecule has 0 unspecified atom stereocenters. The first kappa shape index (κ1) is 12.2. The Labute approximate surface area is 92.7 Å². The van der Waals surface area contributed by atoms with Gasteiger partial charge in [-0.05, 0) is 17.9 Å². The zero-order chi connectivity index (χ0) is 11.3. The Morgan fingerprint density at radius 1 is 1.13 bits per heavy atom. The van der Waals surface area contributed by atoms with Gasteiger partial charge in [0.25, 0.3) is 0 Å². The number of rotatable bonds is 5. The average Bonchev–Trinajstić information content (AvgIpc) is 2.19. The highest BCUT2D eigenvalue weighted by Crippen LogP contribution is 2.21. The Hall–Kier alpha value is -0.860. The van der Waals surface area contributed by atoms with Crippen molar-refractivity contribution in [2.24, 2.45) is 17.4 Å². The van der Waals surface area contributed by atoms with Crippen molar-refractivity contribution < 1.29 is 0 Å². The highest BCUT2D eigenvalue weighted by atomic mass is 14.7. The lowest BCUT2D eigenvalue weighted by Gasteiger charge is -2.24. The predicted octanol–water partition coefficient (Wildman–Crippen LogP) is 2.10. The van der Waals surface area contributed by atoms with E-state index in [1.165, 1.54) is 5.56 Å². The van der Waals surface area contributed by atoms with Crippen LogP contribution in [0.1, 0.15) is 31.7 Å². The summed E-state index contributed by atoms with van der Waals surface area (Å²) >= 11 is 0. The third-order valence-electron chi connectivity index (χ3n) is 2.74. The molecule has 1 rings (SSSR count). The van der Waals surface area contributed by atoms with Gasteiger partial charge in [-0.2, -0.15) is 0 Å². The van der Waals surface area contributed by atoms with E-state index in [-0.39, 0.29) is 12.0 Å². The summed E-state index contributed by atoms with van der Waals surface area (Å²) in [4.78, 5) is 0. The molecule has 0 fully saturated rings. The molecule has 0 bridgehead atoms. The fourth-order valence-electron chi connectivity index (χ4n) is 1.97. The second kappa shape index (κ2) is 5.89. The standard InChI is InChI=1S/C13H22N2/c1-10(2)8-13(15)12(9-14)11-6-4-3-5-7-11/h3-7,10,12-13H,8-9,14-15H2,1-2H3/t12-,13+/m0/s1. The molecule has 0 heterocycles. The van der Waals surface area contributed by atoms with Crippen LogP contribution >= 0.6 is 0 Å². The van der Waals surface area contributed by atoms with Gasteiger partial charge in [-0.3, -0.25) is 0 Å². The molecule has 2 nitrogen and oxygen atoms in total. The summed E-state index contributed by atoms with van der Waals surface area (Å²) in [5.41, 5.74) is 13.2. The Kier molecular flexibility index (Phi) is 4.79. The zero-order valence-electron chi connectivity index (χ0n) is 9.69. The van der Waals surface area contributed by atoms with Crippen LogP contribution in [-0.4, -0.2) is 12.6 Å². The van der Waals surface area contributed by atoms with E-state index in [1.54, 1.807) is 0 Å². The second-order valence-corrected chi connectivity index (χ2v) is 4.55. The van der Waals surface area contributed by atoms with Crippen molar-refractivity contribution in [1.29, 1.82) is 0 Å². The Morgan fingerprint density at radius 3 is 2.20 bits per heavy atom. The van der Waals surface area contributed by atoms with Crippen molar-refractivity contribution in [3.8, 4) is 0 Å². The third-order valence-corrected chi connectivity index (χ3v) is 2.74. The van der Waals surface area contributed by atoms with Gasteiger partial charge in [0.2, 0.25) is 0 Å². The summed E-state index contributed by atoms with van der Waals surface area (Å²) in [6, 6.07) is 10.5. The van der Waals surface area contributed by atoms with Crippen LogP contribution in [0.5, 0.6) is 0 Å². The Morgan fingerprint density at radius 2 is 1.73 bits per heavy atom. The highest BCUT2D eigenvalue weighted by molar-refractivity contribution is 5.21. The van der Waals surface area contributed by atoms with Gasteiger partial charge in [0.15, 0.2) is 0 Å². The number of nitrogens with two attached hydrogens (primary N) is 2. The predicted molar refractivity (Wildman–Crippen MR) is 65.7 cm³/mol. The first-order valence-electron chi connectivity index (χ1n) is 5.65. The van der Waals surface area contributed by atoms with Gasteiger partial charge >= 0.3 is 0 Å². The molecular formula is C13H22N2. The molecule has 15 heavy (non-hydrogen) atoms. The molecule has 0 radical (unpaired) electrons. The molecule has 84 valence electrons. The summed E-state index contributed by atoms with van der Waals surface area (Å²) in [6.07, 6.45) is 1.02. The van der Waals surface area contributed by atoms with E-state index in [9.17, 15) is 0 Å². The van der Waals surface area contributed by atoms with Crippen molar-refractivity contribution in [2.75, 3.05) is 6.54 Å². The highest BCUT2D eigenvalue weighted by Gasteiger charge is 2.18. The van der Waals surface area contributed by atoms with Crippen molar-refractivity contribution in [3.05, 3.63) is 35.9 Å². The van der Waals surface area contributed by atoms with Crippen molar-refractivity contribution in [3.63, 3.8) is 0 Å². The molecule has 1 aromatic rings. The monoisotopic (exact) mass is 206 g/mol. The van der Waals surface area contributed by atoms with E-state index in [2.05, 4.69) is 26.0 Å². The lowest BCUT2D eigenvalue weighted by Crippen LogP contribution is -2.34. The molecule has 0 spiro atoms. The van der Waals surface area contributed by atoms with Crippen LogP contribution < -0.4 is 11.5 Å². The summed E-state index contributed by atoms with van der Waals surface area (Å²) in [5, 5.41) is 0. The summed E-state index contributed by atoms with van der Waals surface area (Å²) in [5.74, 6) is 0.909. The van der Waals surface area contributed by atoms with E-state index in [1.807, 2.05) is 18.2 Å². The largest absolute Gasteiger partial charge is 0.330 e. The summed E-state index contributed by atoms with van der Waals surface area (Å²) in [6.45, 7) is 5.01. The first-order chi connectivity index (χ1) is 7.15.